The van der Waals surface area contributed by atoms with E-state index in [0.717, 1.165) is 48.8 Å². The van der Waals surface area contributed by atoms with Crippen LogP contribution in [-0.4, -0.2) is 49.1 Å². The molecule has 3 aliphatic heterocycles. The van der Waals surface area contributed by atoms with Gasteiger partial charge in [-0.15, -0.1) is 0 Å². The molecule has 2 N–H and O–H groups in total. The number of nitrogens with two attached hydrogens (primary N) is 1. The summed E-state index contributed by atoms with van der Waals surface area (Å²) in [7, 11) is 0. The molecule has 3 heterocycles. The zero-order chi connectivity index (χ0) is 24.8. The number of amides is 1. The Labute approximate surface area is 215 Å². The highest BCUT2D eigenvalue weighted by Crippen LogP contribution is 2.33. The number of nitrogens with zero attached hydrogens (tertiary/aromatic N) is 2. The number of carbonyl (C=O) groups is 1. The zero-order valence-corrected chi connectivity index (χ0v) is 22.0. The molecular formula is C29H40ClN3O2. The van der Waals surface area contributed by atoms with Crippen molar-refractivity contribution in [2.45, 2.75) is 64.4 Å². The van der Waals surface area contributed by atoms with Crippen LogP contribution in [0.25, 0.3) is 0 Å². The molecule has 2 aromatic carbocycles. The molecule has 35 heavy (non-hydrogen) atoms. The van der Waals surface area contributed by atoms with Crippen LogP contribution in [0, 0.1) is 5.92 Å². The highest BCUT2D eigenvalue weighted by Gasteiger charge is 2.27. The SMILES string of the molecule is CC1(C)CCc2cc(CCCN3CCCC3)ccc2O1.NC(=O)C1CCN(c2ccc(Cl)cc2)C1. The molecule has 1 unspecified atom stereocenters. The van der Waals surface area contributed by atoms with E-state index in [1.54, 1.807) is 0 Å². The molecule has 5 nitrogen and oxygen atoms in total. The van der Waals surface area contributed by atoms with Crippen molar-refractivity contribution in [1.29, 1.82) is 0 Å². The van der Waals surface area contributed by atoms with Gasteiger partial charge in [0, 0.05) is 23.8 Å². The maximum absolute atomic E-state index is 11.0. The van der Waals surface area contributed by atoms with Crippen molar-refractivity contribution in [3.05, 3.63) is 58.6 Å². The van der Waals surface area contributed by atoms with Crippen LogP contribution in [0.3, 0.4) is 0 Å². The fourth-order valence-electron chi connectivity index (χ4n) is 5.26. The summed E-state index contributed by atoms with van der Waals surface area (Å²) in [5, 5.41) is 0.726. The average Bonchev–Trinajstić information content (AvgIpc) is 3.52. The van der Waals surface area contributed by atoms with Crippen molar-refractivity contribution in [1.82, 2.24) is 4.90 Å². The molecular weight excluding hydrogens is 458 g/mol. The summed E-state index contributed by atoms with van der Waals surface area (Å²) in [6.07, 6.45) is 8.40. The molecule has 2 aromatic rings. The average molecular weight is 498 g/mol. The summed E-state index contributed by atoms with van der Waals surface area (Å²) in [4.78, 5) is 15.8. The summed E-state index contributed by atoms with van der Waals surface area (Å²) in [5.74, 6) is 0.886. The molecule has 0 saturated carbocycles. The number of fused-ring (bicyclic) bond motifs is 1. The summed E-state index contributed by atoms with van der Waals surface area (Å²) >= 11 is 5.80. The molecule has 1 atom stereocenters. The Bertz CT molecular complexity index is 986. The molecule has 0 radical (unpaired) electrons. The van der Waals surface area contributed by atoms with E-state index in [9.17, 15) is 4.79 Å². The second-order valence-corrected chi connectivity index (χ2v) is 11.2. The molecule has 5 rings (SSSR count). The van der Waals surface area contributed by atoms with E-state index >= 15 is 0 Å². The number of hydrogen-bond acceptors (Lipinski definition) is 4. The number of hydrogen-bond donors (Lipinski definition) is 1. The highest BCUT2D eigenvalue weighted by atomic mass is 35.5. The largest absolute Gasteiger partial charge is 0.488 e. The Hall–Kier alpha value is -2.24. The van der Waals surface area contributed by atoms with E-state index in [1.165, 1.54) is 56.4 Å². The second-order valence-electron chi connectivity index (χ2n) is 10.8. The van der Waals surface area contributed by atoms with E-state index < -0.39 is 0 Å². The lowest BCUT2D eigenvalue weighted by molar-refractivity contribution is -0.121. The monoisotopic (exact) mass is 497 g/mol. The van der Waals surface area contributed by atoms with Gasteiger partial charge in [0.05, 0.1) is 5.92 Å². The van der Waals surface area contributed by atoms with E-state index in [2.05, 4.69) is 41.8 Å². The van der Waals surface area contributed by atoms with Crippen molar-refractivity contribution in [2.24, 2.45) is 11.7 Å². The number of carbonyl (C=O) groups excluding carboxylic acids is 1. The number of benzene rings is 2. The Balaban J connectivity index is 0.000000172. The van der Waals surface area contributed by atoms with Crippen LogP contribution in [0.15, 0.2) is 42.5 Å². The molecule has 0 aromatic heterocycles. The van der Waals surface area contributed by atoms with Gasteiger partial charge in [-0.1, -0.05) is 23.7 Å². The number of halogens is 1. The summed E-state index contributed by atoms with van der Waals surface area (Å²) in [6, 6.07) is 14.4. The van der Waals surface area contributed by atoms with E-state index in [1.807, 2.05) is 24.3 Å². The number of ether oxygens (including phenoxy) is 1. The van der Waals surface area contributed by atoms with Gasteiger partial charge in [0.15, 0.2) is 0 Å². The van der Waals surface area contributed by atoms with Crippen LogP contribution < -0.4 is 15.4 Å². The lowest BCUT2D eigenvalue weighted by Gasteiger charge is -2.32. The Morgan fingerprint density at radius 3 is 2.54 bits per heavy atom. The van der Waals surface area contributed by atoms with Gasteiger partial charge < -0.3 is 20.3 Å². The third-order valence-electron chi connectivity index (χ3n) is 7.43. The molecule has 2 fully saturated rings. The first-order valence-electron chi connectivity index (χ1n) is 13.1. The van der Waals surface area contributed by atoms with Crippen LogP contribution >= 0.6 is 11.6 Å². The smallest absolute Gasteiger partial charge is 0.222 e. The first-order valence-corrected chi connectivity index (χ1v) is 13.5. The lowest BCUT2D eigenvalue weighted by atomic mass is 9.93. The van der Waals surface area contributed by atoms with Gasteiger partial charge in [0.2, 0.25) is 5.91 Å². The minimum absolute atomic E-state index is 0.00424. The third kappa shape index (κ3) is 7.37. The normalized spacial score (nSPS) is 21.1. The van der Waals surface area contributed by atoms with Gasteiger partial charge in [-0.05, 0) is 120 Å². The Kier molecular flexibility index (Phi) is 8.61. The molecule has 0 aliphatic carbocycles. The number of likely N-dealkylation sites (tertiary alicyclic amines) is 1. The van der Waals surface area contributed by atoms with Crippen LogP contribution in [0.4, 0.5) is 5.69 Å². The maximum atomic E-state index is 11.0. The van der Waals surface area contributed by atoms with Gasteiger partial charge >= 0.3 is 0 Å². The predicted molar refractivity (Wildman–Crippen MR) is 144 cm³/mol. The molecule has 6 heteroatoms. The number of anilines is 1. The van der Waals surface area contributed by atoms with Crippen molar-refractivity contribution in [3.8, 4) is 5.75 Å². The molecule has 190 valence electrons. The number of primary amides is 1. The molecule has 1 amide bonds. The van der Waals surface area contributed by atoms with Gasteiger partial charge in [-0.25, -0.2) is 0 Å². The summed E-state index contributed by atoms with van der Waals surface area (Å²) < 4.78 is 6.05. The zero-order valence-electron chi connectivity index (χ0n) is 21.3. The van der Waals surface area contributed by atoms with E-state index in [0.29, 0.717) is 0 Å². The number of aryl methyl sites for hydroxylation is 2. The van der Waals surface area contributed by atoms with Gasteiger partial charge in [0.1, 0.15) is 11.4 Å². The summed E-state index contributed by atoms with van der Waals surface area (Å²) in [5.41, 5.74) is 9.26. The van der Waals surface area contributed by atoms with Crippen molar-refractivity contribution >= 4 is 23.2 Å². The third-order valence-corrected chi connectivity index (χ3v) is 7.68. The van der Waals surface area contributed by atoms with Crippen molar-refractivity contribution < 1.29 is 9.53 Å². The van der Waals surface area contributed by atoms with E-state index in [4.69, 9.17) is 22.1 Å². The first-order chi connectivity index (χ1) is 16.8. The molecule has 3 aliphatic rings. The van der Waals surface area contributed by atoms with Crippen molar-refractivity contribution in [3.63, 3.8) is 0 Å². The quantitative estimate of drug-likeness (QED) is 0.574. The minimum Gasteiger partial charge on any atom is -0.488 e. The first kappa shape index (κ1) is 25.8. The minimum atomic E-state index is -0.202. The molecule has 0 bridgehead atoms. The fourth-order valence-corrected chi connectivity index (χ4v) is 5.39. The highest BCUT2D eigenvalue weighted by molar-refractivity contribution is 6.30. The van der Waals surface area contributed by atoms with Crippen LogP contribution in [-0.2, 0) is 17.6 Å². The van der Waals surface area contributed by atoms with Crippen LogP contribution in [0.5, 0.6) is 5.75 Å². The molecule has 2 saturated heterocycles. The van der Waals surface area contributed by atoms with Crippen LogP contribution in [0.1, 0.15) is 57.1 Å². The number of rotatable bonds is 6. The second kappa shape index (κ2) is 11.7. The fraction of sp³-hybridized carbons (Fsp3) is 0.552. The van der Waals surface area contributed by atoms with Gasteiger partial charge in [-0.2, -0.15) is 0 Å². The topological polar surface area (TPSA) is 58.8 Å². The predicted octanol–water partition coefficient (Wildman–Crippen LogP) is 5.47. The summed E-state index contributed by atoms with van der Waals surface area (Å²) in [6.45, 7) is 9.85. The maximum Gasteiger partial charge on any atom is 0.222 e. The van der Waals surface area contributed by atoms with Crippen LogP contribution in [0.2, 0.25) is 5.02 Å². The van der Waals surface area contributed by atoms with E-state index in [-0.39, 0.29) is 17.4 Å². The standard InChI is InChI=1S/C18H27NO.C11H13ClN2O/c1-18(2)10-9-16-14-15(7-8-17(16)20-18)6-5-13-19-11-3-4-12-19;12-9-1-3-10(4-2-9)14-6-5-8(7-14)11(13)15/h7-8,14H,3-6,9-13H2,1-2H3;1-4,8H,5-7H2,(H2,13,15). The molecule has 0 spiro atoms. The van der Waals surface area contributed by atoms with Crippen molar-refractivity contribution in [2.75, 3.05) is 37.6 Å². The lowest BCUT2D eigenvalue weighted by Crippen LogP contribution is -2.32. The Morgan fingerprint density at radius 2 is 1.86 bits per heavy atom. The van der Waals surface area contributed by atoms with Gasteiger partial charge in [-0.3, -0.25) is 4.79 Å². The Morgan fingerprint density at radius 1 is 1.11 bits per heavy atom. The van der Waals surface area contributed by atoms with Gasteiger partial charge in [0.25, 0.3) is 0 Å².